The maximum Gasteiger partial charge on any atom is 0.243 e. The smallest absolute Gasteiger partial charge is 0.243 e. The Bertz CT molecular complexity index is 537. The summed E-state index contributed by atoms with van der Waals surface area (Å²) in [5.41, 5.74) is 0. The highest BCUT2D eigenvalue weighted by molar-refractivity contribution is 7.89. The van der Waals surface area contributed by atoms with Crippen LogP contribution in [0.5, 0.6) is 5.75 Å². The van der Waals surface area contributed by atoms with Gasteiger partial charge in [-0.15, -0.1) is 0 Å². The van der Waals surface area contributed by atoms with Gasteiger partial charge in [-0.2, -0.15) is 4.31 Å². The van der Waals surface area contributed by atoms with Crippen LogP contribution >= 0.6 is 0 Å². The minimum Gasteiger partial charge on any atom is -0.491 e. The van der Waals surface area contributed by atoms with Gasteiger partial charge in [0, 0.05) is 13.1 Å². The van der Waals surface area contributed by atoms with Gasteiger partial charge in [-0.25, -0.2) is 8.42 Å². The molecule has 1 aromatic carbocycles. The number of ether oxygens (including phenoxy) is 1. The minimum absolute atomic E-state index is 0.0644. The molecule has 0 amide bonds. The molecule has 1 aliphatic carbocycles. The van der Waals surface area contributed by atoms with E-state index in [-0.39, 0.29) is 13.2 Å². The summed E-state index contributed by atoms with van der Waals surface area (Å²) in [6, 6.07) is 6.37. The van der Waals surface area contributed by atoms with E-state index in [0.29, 0.717) is 29.7 Å². The normalized spacial score (nSPS) is 16.0. The van der Waals surface area contributed by atoms with Gasteiger partial charge < -0.3 is 9.84 Å². The van der Waals surface area contributed by atoms with Gasteiger partial charge in [0.15, 0.2) is 0 Å². The highest BCUT2D eigenvalue weighted by Crippen LogP contribution is 2.29. The second-order valence-corrected chi connectivity index (χ2v) is 7.23. The molecule has 0 unspecified atom stereocenters. The molecule has 0 atom stereocenters. The number of rotatable bonds is 8. The lowest BCUT2D eigenvalue weighted by Crippen LogP contribution is -2.37. The molecule has 1 saturated carbocycles. The Morgan fingerprint density at radius 2 is 1.95 bits per heavy atom. The van der Waals surface area contributed by atoms with Crippen LogP contribution in [0.4, 0.5) is 0 Å². The van der Waals surface area contributed by atoms with Gasteiger partial charge in [-0.05, 0) is 43.0 Å². The summed E-state index contributed by atoms with van der Waals surface area (Å²) in [5.74, 6) is 1.07. The van der Waals surface area contributed by atoms with Crippen molar-refractivity contribution in [1.29, 1.82) is 0 Å². The fourth-order valence-corrected chi connectivity index (χ4v) is 3.91. The third-order valence-electron chi connectivity index (χ3n) is 3.86. The molecule has 1 aliphatic rings. The fourth-order valence-electron chi connectivity index (χ4n) is 2.38. The molecule has 0 aliphatic heterocycles. The van der Waals surface area contributed by atoms with Gasteiger partial charge in [-0.3, -0.25) is 0 Å². The average Bonchev–Trinajstić information content (AvgIpc) is 2.44. The SMILES string of the molecule is CCN(CC1CCC1)S(=O)(=O)c1ccc(OCCO)cc1. The number of sulfonamides is 1. The Balaban J connectivity index is 2.09. The first-order valence-electron chi connectivity index (χ1n) is 7.41. The second kappa shape index (κ2) is 7.24. The lowest BCUT2D eigenvalue weighted by molar-refractivity contribution is 0.201. The third-order valence-corrected chi connectivity index (χ3v) is 5.82. The molecule has 0 bridgehead atoms. The molecule has 0 saturated heterocycles. The van der Waals surface area contributed by atoms with Crippen molar-refractivity contribution in [3.05, 3.63) is 24.3 Å². The first-order chi connectivity index (χ1) is 10.1. The number of aliphatic hydroxyl groups excluding tert-OH is 1. The van der Waals surface area contributed by atoms with E-state index >= 15 is 0 Å². The molecule has 0 spiro atoms. The minimum atomic E-state index is -3.43. The monoisotopic (exact) mass is 313 g/mol. The largest absolute Gasteiger partial charge is 0.491 e. The molecular formula is C15H23NO4S. The van der Waals surface area contributed by atoms with Crippen LogP contribution in [0.3, 0.4) is 0 Å². The number of hydrogen-bond donors (Lipinski definition) is 1. The van der Waals surface area contributed by atoms with Crippen molar-refractivity contribution in [1.82, 2.24) is 4.31 Å². The van der Waals surface area contributed by atoms with Crippen molar-refractivity contribution in [2.45, 2.75) is 31.1 Å². The predicted molar refractivity (Wildman–Crippen MR) is 80.8 cm³/mol. The molecule has 1 N–H and O–H groups in total. The maximum atomic E-state index is 12.6. The van der Waals surface area contributed by atoms with Crippen LogP contribution in [0.2, 0.25) is 0 Å². The summed E-state index contributed by atoms with van der Waals surface area (Å²) in [4.78, 5) is 0.292. The Kier molecular flexibility index (Phi) is 5.61. The van der Waals surface area contributed by atoms with Crippen molar-refractivity contribution >= 4 is 10.0 Å². The van der Waals surface area contributed by atoms with Gasteiger partial charge in [0.1, 0.15) is 12.4 Å². The zero-order valence-corrected chi connectivity index (χ0v) is 13.2. The van der Waals surface area contributed by atoms with Crippen LogP contribution in [-0.4, -0.2) is 44.1 Å². The molecule has 5 nitrogen and oxygen atoms in total. The Hall–Kier alpha value is -1.11. The molecule has 2 rings (SSSR count). The maximum absolute atomic E-state index is 12.6. The van der Waals surface area contributed by atoms with Crippen LogP contribution in [0.15, 0.2) is 29.2 Å². The van der Waals surface area contributed by atoms with Crippen LogP contribution in [0.25, 0.3) is 0 Å². The first kappa shape index (κ1) is 16.3. The zero-order valence-electron chi connectivity index (χ0n) is 12.4. The molecule has 118 valence electrons. The number of hydrogen-bond acceptors (Lipinski definition) is 4. The molecule has 0 radical (unpaired) electrons. The van der Waals surface area contributed by atoms with E-state index in [0.717, 1.165) is 12.8 Å². The summed E-state index contributed by atoms with van der Waals surface area (Å²) in [5, 5.41) is 8.70. The van der Waals surface area contributed by atoms with E-state index in [1.165, 1.54) is 6.42 Å². The fraction of sp³-hybridized carbons (Fsp3) is 0.600. The van der Waals surface area contributed by atoms with Crippen LogP contribution in [0.1, 0.15) is 26.2 Å². The van der Waals surface area contributed by atoms with E-state index in [2.05, 4.69) is 0 Å². The molecular weight excluding hydrogens is 290 g/mol. The molecule has 6 heteroatoms. The van der Waals surface area contributed by atoms with Gasteiger partial charge in [0.2, 0.25) is 10.0 Å². The lowest BCUT2D eigenvalue weighted by atomic mass is 9.85. The standard InChI is InChI=1S/C15H23NO4S/c1-2-16(12-13-4-3-5-13)21(18,19)15-8-6-14(7-9-15)20-11-10-17/h6-9,13,17H,2-5,10-12H2,1H3. The third kappa shape index (κ3) is 3.96. The van der Waals surface area contributed by atoms with E-state index in [1.54, 1.807) is 28.6 Å². The number of benzene rings is 1. The highest BCUT2D eigenvalue weighted by atomic mass is 32.2. The highest BCUT2D eigenvalue weighted by Gasteiger charge is 2.28. The Morgan fingerprint density at radius 3 is 2.43 bits per heavy atom. The summed E-state index contributed by atoms with van der Waals surface area (Å²) in [6.45, 7) is 3.11. The topological polar surface area (TPSA) is 66.8 Å². The Morgan fingerprint density at radius 1 is 1.29 bits per heavy atom. The molecule has 0 aromatic heterocycles. The molecule has 21 heavy (non-hydrogen) atoms. The number of aliphatic hydroxyl groups is 1. The van der Waals surface area contributed by atoms with Crippen molar-refractivity contribution in [3.8, 4) is 5.75 Å². The van der Waals surface area contributed by atoms with Crippen LogP contribution in [0, 0.1) is 5.92 Å². The quantitative estimate of drug-likeness (QED) is 0.795. The van der Waals surface area contributed by atoms with Crippen molar-refractivity contribution in [2.24, 2.45) is 5.92 Å². The average molecular weight is 313 g/mol. The molecule has 1 aromatic rings. The van der Waals surface area contributed by atoms with Crippen molar-refractivity contribution < 1.29 is 18.3 Å². The summed E-state index contributed by atoms with van der Waals surface area (Å²) in [6.07, 6.45) is 3.46. The second-order valence-electron chi connectivity index (χ2n) is 5.30. The van der Waals surface area contributed by atoms with Gasteiger partial charge in [0.05, 0.1) is 11.5 Å². The Labute approximate surface area is 126 Å². The predicted octanol–water partition coefficient (Wildman–Crippen LogP) is 1.87. The zero-order chi connectivity index (χ0) is 15.3. The van der Waals surface area contributed by atoms with Crippen LogP contribution in [-0.2, 0) is 10.0 Å². The van der Waals surface area contributed by atoms with E-state index in [9.17, 15) is 8.42 Å². The van der Waals surface area contributed by atoms with E-state index in [4.69, 9.17) is 9.84 Å². The van der Waals surface area contributed by atoms with E-state index < -0.39 is 10.0 Å². The van der Waals surface area contributed by atoms with Gasteiger partial charge >= 0.3 is 0 Å². The molecule has 0 heterocycles. The summed E-state index contributed by atoms with van der Waals surface area (Å²) in [7, 11) is -3.43. The molecule has 1 fully saturated rings. The van der Waals surface area contributed by atoms with Gasteiger partial charge in [0.25, 0.3) is 0 Å². The summed E-state index contributed by atoms with van der Waals surface area (Å²) >= 11 is 0. The van der Waals surface area contributed by atoms with Crippen molar-refractivity contribution in [2.75, 3.05) is 26.3 Å². The summed E-state index contributed by atoms with van der Waals surface area (Å²) < 4.78 is 32.0. The van der Waals surface area contributed by atoms with Crippen molar-refractivity contribution in [3.63, 3.8) is 0 Å². The van der Waals surface area contributed by atoms with E-state index in [1.807, 2.05) is 6.92 Å². The van der Waals surface area contributed by atoms with Crippen LogP contribution < -0.4 is 4.74 Å². The van der Waals surface area contributed by atoms with Gasteiger partial charge in [-0.1, -0.05) is 13.3 Å². The lowest BCUT2D eigenvalue weighted by Gasteiger charge is -2.31. The number of nitrogens with zero attached hydrogens (tertiary/aromatic N) is 1. The first-order valence-corrected chi connectivity index (χ1v) is 8.85.